The zero-order valence-electron chi connectivity index (χ0n) is 11.8. The van der Waals surface area contributed by atoms with Crippen molar-refractivity contribution in [3.63, 3.8) is 0 Å². The van der Waals surface area contributed by atoms with Gasteiger partial charge in [0.05, 0.1) is 20.6 Å². The number of nitrogens with zero attached hydrogens (tertiary/aromatic N) is 1. The number of terminal acetylenes is 1. The molecule has 2 rings (SSSR count). The van der Waals surface area contributed by atoms with Gasteiger partial charge in [0.2, 0.25) is 0 Å². The van der Waals surface area contributed by atoms with E-state index in [0.29, 0.717) is 16.3 Å². The molecule has 0 aromatic heterocycles. The molecule has 0 heterocycles. The molecule has 0 fully saturated rings. The van der Waals surface area contributed by atoms with E-state index >= 15 is 0 Å². The maximum Gasteiger partial charge on any atom is 0.149 e. The van der Waals surface area contributed by atoms with E-state index in [1.54, 1.807) is 18.2 Å². The van der Waals surface area contributed by atoms with E-state index in [1.165, 1.54) is 0 Å². The molecule has 0 unspecified atom stereocenters. The van der Waals surface area contributed by atoms with Gasteiger partial charge < -0.3 is 4.74 Å². The average Bonchev–Trinajstić information content (AvgIpc) is 2.53. The van der Waals surface area contributed by atoms with Crippen molar-refractivity contribution < 1.29 is 4.74 Å². The van der Waals surface area contributed by atoms with Crippen LogP contribution in [-0.4, -0.2) is 6.61 Å². The third kappa shape index (κ3) is 4.62. The molecule has 2 aromatic carbocycles. The lowest BCUT2D eigenvalue weighted by atomic mass is 10.0. The predicted molar refractivity (Wildman–Crippen MR) is 101 cm³/mol. The first-order valence-corrected chi connectivity index (χ1v) is 8.44. The maximum atomic E-state index is 9.40. The lowest BCUT2D eigenvalue weighted by molar-refractivity contribution is 0.365. The van der Waals surface area contributed by atoms with Gasteiger partial charge in [0, 0.05) is 5.02 Å². The van der Waals surface area contributed by atoms with Gasteiger partial charge in [0.25, 0.3) is 0 Å². The Balaban J connectivity index is 2.39. The molecule has 0 saturated carbocycles. The minimum Gasteiger partial charge on any atom is -0.479 e. The van der Waals surface area contributed by atoms with E-state index in [-0.39, 0.29) is 6.61 Å². The normalized spacial score (nSPS) is 10.7. The smallest absolute Gasteiger partial charge is 0.149 e. The molecular formula is C18H10Br2ClNO. The average molecular weight is 452 g/mol. The highest BCUT2D eigenvalue weighted by Gasteiger charge is 2.09. The van der Waals surface area contributed by atoms with Crippen LogP contribution >= 0.6 is 43.5 Å². The molecule has 0 N–H and O–H groups in total. The molecule has 0 aliphatic rings. The van der Waals surface area contributed by atoms with Gasteiger partial charge in [-0.2, -0.15) is 5.26 Å². The number of halogens is 3. The first-order valence-electron chi connectivity index (χ1n) is 6.48. The van der Waals surface area contributed by atoms with Crippen LogP contribution < -0.4 is 4.74 Å². The van der Waals surface area contributed by atoms with Crippen molar-refractivity contribution in [3.05, 3.63) is 61.5 Å². The van der Waals surface area contributed by atoms with Crippen LogP contribution in [0.1, 0.15) is 11.1 Å². The molecule has 5 heteroatoms. The molecule has 2 nitrogen and oxygen atoms in total. The molecule has 0 radical (unpaired) electrons. The van der Waals surface area contributed by atoms with E-state index < -0.39 is 0 Å². The Kier molecular flexibility index (Phi) is 6.30. The van der Waals surface area contributed by atoms with E-state index in [2.05, 4.69) is 43.8 Å². The highest BCUT2D eigenvalue weighted by molar-refractivity contribution is 9.11. The second-order valence-corrected chi connectivity index (χ2v) is 6.63. The molecule has 0 bridgehead atoms. The molecule has 23 heavy (non-hydrogen) atoms. The van der Waals surface area contributed by atoms with E-state index in [1.807, 2.05) is 24.3 Å². The summed E-state index contributed by atoms with van der Waals surface area (Å²) in [6, 6.07) is 13.1. The van der Waals surface area contributed by atoms with Crippen LogP contribution in [0, 0.1) is 23.7 Å². The molecule has 0 amide bonds. The summed E-state index contributed by atoms with van der Waals surface area (Å²) in [4.78, 5) is 0. The van der Waals surface area contributed by atoms with Crippen molar-refractivity contribution >= 4 is 55.1 Å². The van der Waals surface area contributed by atoms with Gasteiger partial charge in [-0.25, -0.2) is 0 Å². The van der Waals surface area contributed by atoms with E-state index in [4.69, 9.17) is 22.8 Å². The number of hydrogen-bond donors (Lipinski definition) is 0. The summed E-state index contributed by atoms with van der Waals surface area (Å²) in [5.41, 5.74) is 2.19. The molecule has 0 aliphatic heterocycles. The Morgan fingerprint density at radius 1 is 1.22 bits per heavy atom. The fourth-order valence-electron chi connectivity index (χ4n) is 1.89. The van der Waals surface area contributed by atoms with Crippen molar-refractivity contribution in [3.8, 4) is 24.2 Å². The summed E-state index contributed by atoms with van der Waals surface area (Å²) < 4.78 is 6.97. The predicted octanol–water partition coefficient (Wildman–Crippen LogP) is 5.94. The minimum atomic E-state index is 0.181. The van der Waals surface area contributed by atoms with Gasteiger partial charge in [-0.1, -0.05) is 29.7 Å². The Hall–Kier alpha value is -1.72. The number of ether oxygens (including phenoxy) is 1. The van der Waals surface area contributed by atoms with Crippen molar-refractivity contribution in [2.45, 2.75) is 0 Å². The molecule has 0 spiro atoms. The van der Waals surface area contributed by atoms with Crippen LogP contribution in [0.25, 0.3) is 11.6 Å². The minimum absolute atomic E-state index is 0.181. The summed E-state index contributed by atoms with van der Waals surface area (Å²) >= 11 is 12.8. The first kappa shape index (κ1) is 17.6. The SMILES string of the molecule is C#CCOc1c(Br)cc(/C=C(\C#N)c2ccc(Cl)cc2)cc1Br. The van der Waals surface area contributed by atoms with Crippen LogP contribution in [0.3, 0.4) is 0 Å². The lowest BCUT2D eigenvalue weighted by Crippen LogP contribution is -1.95. The van der Waals surface area contributed by atoms with Crippen molar-refractivity contribution in [2.75, 3.05) is 6.61 Å². The third-order valence-corrected chi connectivity index (χ3v) is 4.34. The van der Waals surface area contributed by atoms with Gasteiger partial charge in [0.1, 0.15) is 12.4 Å². The van der Waals surface area contributed by atoms with E-state index in [9.17, 15) is 5.26 Å². The van der Waals surface area contributed by atoms with Gasteiger partial charge in [0.15, 0.2) is 0 Å². The fourth-order valence-corrected chi connectivity index (χ4v) is 3.47. The van der Waals surface area contributed by atoms with Crippen molar-refractivity contribution in [2.24, 2.45) is 0 Å². The van der Waals surface area contributed by atoms with Gasteiger partial charge in [-0.3, -0.25) is 0 Å². The van der Waals surface area contributed by atoms with Gasteiger partial charge >= 0.3 is 0 Å². The number of nitriles is 1. The van der Waals surface area contributed by atoms with Gasteiger partial charge in [-0.15, -0.1) is 6.42 Å². The number of rotatable bonds is 4. The highest BCUT2D eigenvalue weighted by Crippen LogP contribution is 2.35. The Morgan fingerprint density at radius 3 is 2.35 bits per heavy atom. The number of benzene rings is 2. The number of allylic oxidation sites excluding steroid dienone is 1. The Labute approximate surface area is 157 Å². The monoisotopic (exact) mass is 449 g/mol. The van der Waals surface area contributed by atoms with Crippen molar-refractivity contribution in [1.29, 1.82) is 5.26 Å². The number of hydrogen-bond acceptors (Lipinski definition) is 2. The summed E-state index contributed by atoms with van der Waals surface area (Å²) in [7, 11) is 0. The molecule has 114 valence electrons. The first-order chi connectivity index (χ1) is 11.0. The zero-order valence-corrected chi connectivity index (χ0v) is 15.7. The van der Waals surface area contributed by atoms with Gasteiger partial charge in [-0.05, 0) is 73.3 Å². The molecule has 0 aliphatic carbocycles. The Morgan fingerprint density at radius 2 is 1.83 bits per heavy atom. The molecule has 2 aromatic rings. The third-order valence-electron chi connectivity index (χ3n) is 2.91. The molecule has 0 saturated heterocycles. The van der Waals surface area contributed by atoms with Crippen LogP contribution in [-0.2, 0) is 0 Å². The largest absolute Gasteiger partial charge is 0.479 e. The maximum absolute atomic E-state index is 9.40. The standard InChI is InChI=1S/C18H10Br2ClNO/c1-2-7-23-18-16(19)9-12(10-17(18)20)8-14(11-22)13-3-5-15(21)6-4-13/h1,3-6,8-10H,7H2/b14-8+. The van der Waals surface area contributed by atoms with Crippen LogP contribution in [0.5, 0.6) is 5.75 Å². The molecule has 0 atom stereocenters. The van der Waals surface area contributed by atoms with Crippen LogP contribution in [0.2, 0.25) is 5.02 Å². The lowest BCUT2D eigenvalue weighted by Gasteiger charge is -2.09. The topological polar surface area (TPSA) is 33.0 Å². The molecular weight excluding hydrogens is 441 g/mol. The summed E-state index contributed by atoms with van der Waals surface area (Å²) in [6.45, 7) is 0.181. The second-order valence-electron chi connectivity index (χ2n) is 4.48. The second kappa shape index (κ2) is 8.22. The highest BCUT2D eigenvalue weighted by atomic mass is 79.9. The summed E-state index contributed by atoms with van der Waals surface area (Å²) in [5, 5.41) is 10.0. The fraction of sp³-hybridized carbons (Fsp3) is 0.0556. The quantitative estimate of drug-likeness (QED) is 0.327. The Bertz CT molecular complexity index is 807. The summed E-state index contributed by atoms with van der Waals surface area (Å²) in [6.07, 6.45) is 7.00. The zero-order chi connectivity index (χ0) is 16.8. The summed E-state index contributed by atoms with van der Waals surface area (Å²) in [5.74, 6) is 3.05. The van der Waals surface area contributed by atoms with Crippen LogP contribution in [0.4, 0.5) is 0 Å². The van der Waals surface area contributed by atoms with Crippen molar-refractivity contribution in [1.82, 2.24) is 0 Å². The van der Waals surface area contributed by atoms with Crippen LogP contribution in [0.15, 0.2) is 45.3 Å². The van der Waals surface area contributed by atoms with E-state index in [0.717, 1.165) is 20.1 Å².